The van der Waals surface area contributed by atoms with E-state index in [-0.39, 0.29) is 17.9 Å². The number of carbonyl (C=O) groups excluding carboxylic acids is 1. The summed E-state index contributed by atoms with van der Waals surface area (Å²) in [7, 11) is 0. The second-order valence-electron chi connectivity index (χ2n) is 10.7. The smallest absolute Gasteiger partial charge is 0.254 e. The third-order valence-electron chi connectivity index (χ3n) is 8.43. The molecule has 1 fully saturated rings. The molecule has 0 radical (unpaired) electrons. The van der Waals surface area contributed by atoms with Crippen molar-refractivity contribution in [2.45, 2.75) is 83.5 Å². The Labute approximate surface area is 225 Å². The molecule has 1 aliphatic heterocycles. The molecule has 1 N–H and O–H groups in total. The van der Waals surface area contributed by atoms with Crippen molar-refractivity contribution in [1.82, 2.24) is 14.8 Å². The van der Waals surface area contributed by atoms with Crippen LogP contribution in [-0.2, 0) is 19.5 Å². The van der Waals surface area contributed by atoms with E-state index in [0.717, 1.165) is 78.7 Å². The van der Waals surface area contributed by atoms with Gasteiger partial charge in [0.25, 0.3) is 5.91 Å². The number of aliphatic hydroxyl groups excluding tert-OH is 1. The van der Waals surface area contributed by atoms with Crippen LogP contribution in [0.1, 0.15) is 84.7 Å². The molecule has 0 bridgehead atoms. The third-order valence-corrected chi connectivity index (χ3v) is 8.43. The van der Waals surface area contributed by atoms with Gasteiger partial charge in [-0.05, 0) is 72.3 Å². The highest BCUT2D eigenvalue weighted by molar-refractivity contribution is 6.05. The molecule has 2 heterocycles. The summed E-state index contributed by atoms with van der Waals surface area (Å²) in [5, 5.41) is 22.8. The fraction of sp³-hybridized carbons (Fsp3) is 0.469. The molecule has 38 heavy (non-hydrogen) atoms. The first kappa shape index (κ1) is 26.3. The van der Waals surface area contributed by atoms with Crippen LogP contribution in [0.5, 0.6) is 0 Å². The molecule has 3 unspecified atom stereocenters. The van der Waals surface area contributed by atoms with E-state index in [9.17, 15) is 15.2 Å². The summed E-state index contributed by atoms with van der Waals surface area (Å²) in [6.45, 7) is 7.12. The van der Waals surface area contributed by atoms with E-state index in [4.69, 9.17) is 0 Å². The molecule has 3 atom stereocenters. The molecule has 3 aromatic rings. The molecule has 2 aromatic carbocycles. The van der Waals surface area contributed by atoms with Crippen LogP contribution in [0.2, 0.25) is 0 Å². The number of pyridine rings is 1. The van der Waals surface area contributed by atoms with Crippen molar-refractivity contribution in [3.63, 3.8) is 0 Å². The molecule has 1 aromatic heterocycles. The fourth-order valence-corrected chi connectivity index (χ4v) is 6.19. The van der Waals surface area contributed by atoms with Gasteiger partial charge in [-0.2, -0.15) is 5.26 Å². The van der Waals surface area contributed by atoms with E-state index in [2.05, 4.69) is 54.1 Å². The van der Waals surface area contributed by atoms with Crippen LogP contribution in [-0.4, -0.2) is 51.0 Å². The Morgan fingerprint density at radius 3 is 2.66 bits per heavy atom. The summed E-state index contributed by atoms with van der Waals surface area (Å²) in [4.78, 5) is 22.6. The van der Waals surface area contributed by atoms with Crippen molar-refractivity contribution in [1.29, 1.82) is 5.26 Å². The molecule has 1 amide bonds. The standard InChI is InChI=1S/C32H38N4O2/c1-3-24-10-9-13-29(34-24)22(19-33)16-17-35(4-2)20-23-18-27-28(26-12-6-5-11-25(23)26)21-36(32(27)38)30-14-7-8-15-31(30)37/h5-6,9-13,18,22,30-31,37H,3-4,7-8,14-17,20-21H2,1-2H3. The minimum absolute atomic E-state index is 0.0485. The average molecular weight is 511 g/mol. The van der Waals surface area contributed by atoms with Gasteiger partial charge in [0, 0.05) is 30.9 Å². The minimum Gasteiger partial charge on any atom is -0.391 e. The Morgan fingerprint density at radius 1 is 1.13 bits per heavy atom. The second-order valence-corrected chi connectivity index (χ2v) is 10.7. The van der Waals surface area contributed by atoms with Gasteiger partial charge in [0.2, 0.25) is 0 Å². The lowest BCUT2D eigenvalue weighted by molar-refractivity contribution is 0.0192. The first-order valence-electron chi connectivity index (χ1n) is 14.1. The number of nitriles is 1. The number of fused-ring (bicyclic) bond motifs is 3. The van der Waals surface area contributed by atoms with Crippen molar-refractivity contribution in [3.05, 3.63) is 76.6 Å². The maximum Gasteiger partial charge on any atom is 0.254 e. The van der Waals surface area contributed by atoms with E-state index < -0.39 is 6.10 Å². The molecule has 0 spiro atoms. The van der Waals surface area contributed by atoms with Crippen LogP contribution in [0, 0.1) is 11.3 Å². The number of benzene rings is 2. The SMILES string of the molecule is CCc1cccc(C(C#N)CCN(CC)Cc2cc3c(c4ccccc24)CN(C2CCCCC2O)C3=O)n1. The molecule has 1 saturated carbocycles. The summed E-state index contributed by atoms with van der Waals surface area (Å²) in [5.74, 6) is -0.197. The zero-order valence-corrected chi connectivity index (χ0v) is 22.6. The number of amides is 1. The number of rotatable bonds is 9. The Kier molecular flexibility index (Phi) is 8.06. The third kappa shape index (κ3) is 5.18. The van der Waals surface area contributed by atoms with Crippen molar-refractivity contribution in [3.8, 4) is 6.07 Å². The van der Waals surface area contributed by atoms with Gasteiger partial charge < -0.3 is 10.0 Å². The van der Waals surface area contributed by atoms with Crippen LogP contribution in [0.15, 0.2) is 48.5 Å². The minimum atomic E-state index is -0.441. The van der Waals surface area contributed by atoms with Crippen molar-refractivity contribution < 1.29 is 9.90 Å². The van der Waals surface area contributed by atoms with Crippen LogP contribution in [0.25, 0.3) is 10.8 Å². The molecule has 6 heteroatoms. The lowest BCUT2D eigenvalue weighted by Gasteiger charge is -2.35. The molecule has 2 aliphatic rings. The highest BCUT2D eigenvalue weighted by atomic mass is 16.3. The topological polar surface area (TPSA) is 80.5 Å². The summed E-state index contributed by atoms with van der Waals surface area (Å²) in [5.41, 5.74) is 4.87. The first-order chi connectivity index (χ1) is 18.5. The number of carbonyl (C=O) groups is 1. The Morgan fingerprint density at radius 2 is 1.92 bits per heavy atom. The maximum absolute atomic E-state index is 13.6. The summed E-state index contributed by atoms with van der Waals surface area (Å²) in [6, 6.07) is 18.8. The fourth-order valence-electron chi connectivity index (χ4n) is 6.19. The monoisotopic (exact) mass is 510 g/mol. The molecule has 0 saturated heterocycles. The summed E-state index contributed by atoms with van der Waals surface area (Å²) in [6.07, 6.45) is 4.84. The highest BCUT2D eigenvalue weighted by Gasteiger charge is 2.38. The Hall–Kier alpha value is -3.27. The zero-order valence-electron chi connectivity index (χ0n) is 22.6. The predicted molar refractivity (Wildman–Crippen MR) is 150 cm³/mol. The van der Waals surface area contributed by atoms with Gasteiger partial charge in [0.1, 0.15) is 0 Å². The number of nitrogens with zero attached hydrogens (tertiary/aromatic N) is 4. The van der Waals surface area contributed by atoms with Gasteiger partial charge in [-0.15, -0.1) is 0 Å². The number of hydrogen-bond donors (Lipinski definition) is 1. The molecular weight excluding hydrogens is 472 g/mol. The molecular formula is C32H38N4O2. The molecule has 198 valence electrons. The Bertz CT molecular complexity index is 1350. The van der Waals surface area contributed by atoms with Gasteiger partial charge in [-0.25, -0.2) is 0 Å². The van der Waals surface area contributed by atoms with Gasteiger partial charge in [-0.3, -0.25) is 14.7 Å². The molecule has 1 aliphatic carbocycles. The van der Waals surface area contributed by atoms with Gasteiger partial charge >= 0.3 is 0 Å². The number of aliphatic hydroxyl groups is 1. The largest absolute Gasteiger partial charge is 0.391 e. The normalized spacial score (nSPS) is 20.1. The van der Waals surface area contributed by atoms with E-state index in [1.807, 2.05) is 29.2 Å². The van der Waals surface area contributed by atoms with Crippen molar-refractivity contribution >= 4 is 16.7 Å². The van der Waals surface area contributed by atoms with E-state index in [1.54, 1.807) is 0 Å². The lowest BCUT2D eigenvalue weighted by Crippen LogP contribution is -2.45. The van der Waals surface area contributed by atoms with Gasteiger partial charge in [-0.1, -0.05) is 57.0 Å². The van der Waals surface area contributed by atoms with Gasteiger partial charge in [0.05, 0.1) is 29.8 Å². The van der Waals surface area contributed by atoms with E-state index >= 15 is 0 Å². The number of aromatic nitrogens is 1. The second kappa shape index (κ2) is 11.6. The van der Waals surface area contributed by atoms with Crippen LogP contribution >= 0.6 is 0 Å². The maximum atomic E-state index is 13.6. The van der Waals surface area contributed by atoms with Gasteiger partial charge in [0.15, 0.2) is 0 Å². The Balaban J connectivity index is 1.38. The number of hydrogen-bond acceptors (Lipinski definition) is 5. The van der Waals surface area contributed by atoms with Crippen LogP contribution < -0.4 is 0 Å². The molecule has 6 nitrogen and oxygen atoms in total. The predicted octanol–water partition coefficient (Wildman–Crippen LogP) is 5.58. The van der Waals surface area contributed by atoms with E-state index in [1.165, 1.54) is 5.39 Å². The first-order valence-corrected chi connectivity index (χ1v) is 14.1. The summed E-state index contributed by atoms with van der Waals surface area (Å²) < 4.78 is 0. The lowest BCUT2D eigenvalue weighted by atomic mass is 9.91. The van der Waals surface area contributed by atoms with E-state index in [0.29, 0.717) is 19.5 Å². The average Bonchev–Trinajstić information content (AvgIpc) is 3.29. The quantitative estimate of drug-likeness (QED) is 0.407. The van der Waals surface area contributed by atoms with Crippen LogP contribution in [0.4, 0.5) is 0 Å². The van der Waals surface area contributed by atoms with Crippen molar-refractivity contribution in [2.24, 2.45) is 0 Å². The zero-order chi connectivity index (χ0) is 26.6. The van der Waals surface area contributed by atoms with Crippen LogP contribution in [0.3, 0.4) is 0 Å². The van der Waals surface area contributed by atoms with Crippen molar-refractivity contribution in [2.75, 3.05) is 13.1 Å². The molecule has 5 rings (SSSR count). The summed E-state index contributed by atoms with van der Waals surface area (Å²) >= 11 is 0. The number of aryl methyl sites for hydroxylation is 1. The highest BCUT2D eigenvalue weighted by Crippen LogP contribution is 2.37.